The molecular weight excluding hydrogens is 744 g/mol. The predicted octanol–water partition coefficient (Wildman–Crippen LogP) is 3.53. The van der Waals surface area contributed by atoms with Gasteiger partial charge in [0.05, 0.1) is 0 Å². The van der Waals surface area contributed by atoms with Crippen LogP contribution in [-0.2, 0) is 24.9 Å². The van der Waals surface area contributed by atoms with E-state index in [2.05, 4.69) is 4.12 Å². The number of carbonyl (C=O) groups is 2. The zero-order chi connectivity index (χ0) is 38.1. The lowest BCUT2D eigenvalue weighted by Crippen LogP contribution is -2.53. The number of hydrogen-bond donors (Lipinski definition) is 8. The molecule has 0 unspecified atom stereocenters. The van der Waals surface area contributed by atoms with Crippen molar-refractivity contribution in [3.05, 3.63) is 59.7 Å². The van der Waals surface area contributed by atoms with Crippen LogP contribution in [0.3, 0.4) is 0 Å². The molecule has 0 heterocycles. The number of nitrogens with one attached hydrogen (secondary N) is 2. The third-order valence-corrected chi connectivity index (χ3v) is 10.9. The first kappa shape index (κ1) is 41.9. The molecule has 0 aliphatic heterocycles. The minimum absolute atomic E-state index is 0.223. The highest BCUT2D eigenvalue weighted by atomic mass is 28.5. The van der Waals surface area contributed by atoms with Crippen molar-refractivity contribution in [2.45, 2.75) is 60.8 Å². The summed E-state index contributed by atoms with van der Waals surface area (Å²) < 4.78 is 160. The molecule has 0 saturated carbocycles. The Morgan fingerprint density at radius 3 is 1.00 bits per heavy atom. The third-order valence-electron chi connectivity index (χ3n) is 6.50. The molecule has 11 nitrogen and oxygen atoms in total. The maximum Gasteiger partial charge on any atom is 0.488 e. The van der Waals surface area contributed by atoms with E-state index < -0.39 is 113 Å². The number of alkyl halides is 12. The fourth-order valence-electron chi connectivity index (χ4n) is 3.93. The van der Waals surface area contributed by atoms with Crippen molar-refractivity contribution in [1.82, 2.24) is 0 Å². The zero-order valence-electron chi connectivity index (χ0n) is 23.9. The zero-order valence-corrected chi connectivity index (χ0v) is 25.9. The third kappa shape index (κ3) is 9.90. The Bertz CT molecular complexity index is 1330. The smallest absolute Gasteiger partial charge is 0.390 e. The minimum Gasteiger partial charge on any atom is -0.390 e. The van der Waals surface area contributed by atoms with Crippen LogP contribution in [0.25, 0.3) is 0 Å². The topological polar surface area (TPSA) is 189 Å². The van der Waals surface area contributed by atoms with Gasteiger partial charge in [-0.2, -0.15) is 52.7 Å². The molecule has 0 saturated heterocycles. The Balaban J connectivity index is 1.94. The van der Waals surface area contributed by atoms with Crippen molar-refractivity contribution >= 4 is 40.8 Å². The first-order chi connectivity index (χ1) is 21.9. The monoisotopic (exact) mass is 768 g/mol. The lowest BCUT2D eigenvalue weighted by molar-refractivity contribution is -0.376. The van der Waals surface area contributed by atoms with Gasteiger partial charge in [0.15, 0.2) is 0 Å². The summed E-state index contributed by atoms with van der Waals surface area (Å²) in [6.45, 7) is 0. The second-order valence-corrected chi connectivity index (χ2v) is 15.0. The first-order valence-corrected chi connectivity index (χ1v) is 17.0. The molecule has 2 rings (SSSR count). The highest BCUT2D eigenvalue weighted by Gasteiger charge is 2.72. The van der Waals surface area contributed by atoms with Crippen LogP contribution in [0, 0.1) is 0 Å². The van der Waals surface area contributed by atoms with Gasteiger partial charge in [0.25, 0.3) is 11.2 Å². The van der Waals surface area contributed by atoms with E-state index in [1.165, 1.54) is 0 Å². The SMILES string of the molecule is O=C(CC[Si](O)(O)O[Si](O)(O)CCC(=O)Nc1ccc(C(O)(C(F)(F)F)C(F)(F)F)cc1)Nc1ccc(C(O)(C(F)(F)F)C(F)(F)F)cc1. The van der Waals surface area contributed by atoms with Crippen molar-refractivity contribution < 1.29 is 95.8 Å². The molecule has 0 atom stereocenters. The van der Waals surface area contributed by atoms with Crippen LogP contribution < -0.4 is 10.6 Å². The molecule has 0 aliphatic carbocycles. The van der Waals surface area contributed by atoms with E-state index in [0.717, 1.165) is 0 Å². The van der Waals surface area contributed by atoms with Crippen LogP contribution in [0.15, 0.2) is 48.5 Å². The molecule has 25 heteroatoms. The molecule has 2 aromatic carbocycles. The van der Waals surface area contributed by atoms with Crippen molar-refractivity contribution in [3.8, 4) is 0 Å². The van der Waals surface area contributed by atoms with E-state index in [-0.39, 0.29) is 24.3 Å². The van der Waals surface area contributed by atoms with Crippen LogP contribution in [0.1, 0.15) is 24.0 Å². The van der Waals surface area contributed by atoms with Gasteiger partial charge < -0.3 is 44.1 Å². The molecule has 0 fully saturated rings. The maximum absolute atomic E-state index is 13.0. The average molecular weight is 769 g/mol. The van der Waals surface area contributed by atoms with Gasteiger partial charge in [0.1, 0.15) is 0 Å². The summed E-state index contributed by atoms with van der Waals surface area (Å²) in [5, 5.41) is 22.7. The van der Waals surface area contributed by atoms with Crippen LogP contribution in [0.2, 0.25) is 12.1 Å². The van der Waals surface area contributed by atoms with E-state index in [0.29, 0.717) is 24.3 Å². The van der Waals surface area contributed by atoms with Gasteiger partial charge in [-0.15, -0.1) is 0 Å². The van der Waals surface area contributed by atoms with E-state index >= 15 is 0 Å². The Hall–Kier alpha value is -3.31. The quantitative estimate of drug-likeness (QED) is 0.118. The van der Waals surface area contributed by atoms with Gasteiger partial charge in [-0.3, -0.25) is 9.59 Å². The lowest BCUT2D eigenvalue weighted by atomic mass is 9.92. The molecular formula is C24H24F12N2O9Si2. The first-order valence-electron chi connectivity index (χ1n) is 13.0. The van der Waals surface area contributed by atoms with E-state index in [1.54, 1.807) is 0 Å². The number of aliphatic hydroxyl groups is 2. The van der Waals surface area contributed by atoms with Crippen LogP contribution in [-0.4, -0.2) is 83.5 Å². The summed E-state index contributed by atoms with van der Waals surface area (Å²) in [6, 6.07) is 1.18. The lowest BCUT2D eigenvalue weighted by Gasteiger charge is -2.32. The minimum atomic E-state index is -6.17. The normalized spacial score (nSPS) is 14.1. The summed E-state index contributed by atoms with van der Waals surface area (Å²) >= 11 is 0. The number of anilines is 2. The standard InChI is InChI=1S/C24H24F12N2O9Si2/c25-21(26,27)19(41,22(28,29)30)13-1-5-15(6-2-13)37-17(39)9-11-48(43,44)47-49(45,46)12-10-18(40)38-16-7-3-14(4-8-16)20(42,23(31,32)33)24(34,35)36/h1-8,41-46H,9-12H2,(H,37,39)(H,38,40). The van der Waals surface area contributed by atoms with Gasteiger partial charge >= 0.3 is 42.3 Å². The fraction of sp³-hybridized carbons (Fsp3) is 0.417. The van der Waals surface area contributed by atoms with Gasteiger partial charge in [-0.1, -0.05) is 24.3 Å². The fourth-order valence-corrected chi connectivity index (χ4v) is 7.95. The van der Waals surface area contributed by atoms with E-state index in [9.17, 15) is 91.7 Å². The largest absolute Gasteiger partial charge is 0.488 e. The molecule has 0 bridgehead atoms. The molecule has 2 amide bonds. The molecule has 0 spiro atoms. The van der Waals surface area contributed by atoms with Crippen molar-refractivity contribution in [2.24, 2.45) is 0 Å². The highest BCUT2D eigenvalue weighted by Crippen LogP contribution is 2.51. The average Bonchev–Trinajstić information content (AvgIpc) is 2.92. The predicted molar refractivity (Wildman–Crippen MR) is 142 cm³/mol. The number of amides is 2. The molecule has 276 valence electrons. The number of rotatable bonds is 12. The Kier molecular flexibility index (Phi) is 12.1. The second kappa shape index (κ2) is 14.1. The van der Waals surface area contributed by atoms with Gasteiger partial charge in [0, 0.05) is 47.4 Å². The van der Waals surface area contributed by atoms with E-state index in [4.69, 9.17) is 0 Å². The second-order valence-electron chi connectivity index (χ2n) is 10.3. The van der Waals surface area contributed by atoms with Crippen molar-refractivity contribution in [2.75, 3.05) is 10.6 Å². The van der Waals surface area contributed by atoms with Gasteiger partial charge in [0.2, 0.25) is 11.8 Å². The molecule has 0 aromatic heterocycles. The number of hydrogen-bond acceptors (Lipinski definition) is 9. The van der Waals surface area contributed by atoms with Crippen molar-refractivity contribution in [3.63, 3.8) is 0 Å². The van der Waals surface area contributed by atoms with Crippen LogP contribution in [0.4, 0.5) is 64.1 Å². The molecule has 8 N–H and O–H groups in total. The van der Waals surface area contributed by atoms with Crippen LogP contribution in [0.5, 0.6) is 0 Å². The van der Waals surface area contributed by atoms with Gasteiger partial charge in [-0.05, 0) is 24.3 Å². The number of benzene rings is 2. The van der Waals surface area contributed by atoms with Crippen molar-refractivity contribution in [1.29, 1.82) is 0 Å². The number of carbonyl (C=O) groups excluding carboxylic acids is 2. The summed E-state index contributed by atoms with van der Waals surface area (Å²) in [5.74, 6) is -2.23. The maximum atomic E-state index is 13.0. The Morgan fingerprint density at radius 2 is 0.776 bits per heavy atom. The number of halogens is 12. The summed E-state index contributed by atoms with van der Waals surface area (Å²) in [7, 11) is -10.2. The van der Waals surface area contributed by atoms with E-state index in [1.807, 2.05) is 10.6 Å². The molecule has 0 radical (unpaired) electrons. The Labute approximate surface area is 268 Å². The highest BCUT2D eigenvalue weighted by molar-refractivity contribution is 6.72. The molecule has 2 aromatic rings. The Morgan fingerprint density at radius 1 is 0.531 bits per heavy atom. The molecule has 0 aliphatic rings. The molecule has 49 heavy (non-hydrogen) atoms. The van der Waals surface area contributed by atoms with Crippen LogP contribution >= 0.6 is 0 Å². The summed E-state index contributed by atoms with van der Waals surface area (Å²) in [6.07, 6.45) is -26.4. The van der Waals surface area contributed by atoms with Gasteiger partial charge in [-0.25, -0.2) is 0 Å². The summed E-state index contributed by atoms with van der Waals surface area (Å²) in [4.78, 5) is 64.4. The summed E-state index contributed by atoms with van der Waals surface area (Å²) in [5.41, 5.74) is -14.5.